The smallest absolute Gasteiger partial charge is 0.142 e. The minimum Gasteiger partial charge on any atom is -0.485 e. The quantitative estimate of drug-likeness (QED) is 0.809. The largest absolute Gasteiger partial charge is 0.485 e. The first-order valence-electron chi connectivity index (χ1n) is 6.34. The lowest BCUT2D eigenvalue weighted by Crippen LogP contribution is -2.04. The van der Waals surface area contributed by atoms with Crippen LogP contribution in [0.1, 0.15) is 29.7 Å². The van der Waals surface area contributed by atoms with Crippen LogP contribution < -0.4 is 4.74 Å². The number of benzene rings is 2. The van der Waals surface area contributed by atoms with Gasteiger partial charge < -0.3 is 10.1 Å². The van der Waals surface area contributed by atoms with Crippen molar-refractivity contribution >= 4 is 17.3 Å². The molecule has 3 rings (SSSR count). The molecular weight excluding hydrogens is 277 g/mol. The Morgan fingerprint density at radius 3 is 2.90 bits per heavy atom. The van der Waals surface area contributed by atoms with E-state index in [9.17, 15) is 4.39 Å². The molecule has 0 radical (unpaired) electrons. The zero-order chi connectivity index (χ0) is 14.3. The van der Waals surface area contributed by atoms with Gasteiger partial charge in [-0.3, -0.25) is 0 Å². The summed E-state index contributed by atoms with van der Waals surface area (Å²) in [6.45, 7) is 1.75. The highest BCUT2D eigenvalue weighted by molar-refractivity contribution is 6.30. The highest BCUT2D eigenvalue weighted by atomic mass is 35.5. The fraction of sp³-hybridized carbons (Fsp3) is 0.188. The predicted molar refractivity (Wildman–Crippen MR) is 77.4 cm³/mol. The predicted octanol–water partition coefficient (Wildman–Crippen LogP) is 4.54. The van der Waals surface area contributed by atoms with Crippen molar-refractivity contribution < 1.29 is 9.13 Å². The Morgan fingerprint density at radius 1 is 1.35 bits per heavy atom. The van der Waals surface area contributed by atoms with Gasteiger partial charge in [-0.25, -0.2) is 4.39 Å². The van der Waals surface area contributed by atoms with Crippen LogP contribution in [0.4, 0.5) is 4.39 Å². The first-order chi connectivity index (χ1) is 9.54. The molecule has 102 valence electrons. The fourth-order valence-corrected chi connectivity index (χ4v) is 2.55. The third-order valence-electron chi connectivity index (χ3n) is 3.47. The van der Waals surface area contributed by atoms with Gasteiger partial charge in [0, 0.05) is 23.8 Å². The lowest BCUT2D eigenvalue weighted by Gasteiger charge is -2.12. The Balaban J connectivity index is 1.92. The molecule has 0 aliphatic carbocycles. The van der Waals surface area contributed by atoms with E-state index < -0.39 is 5.82 Å². The zero-order valence-electron chi connectivity index (χ0n) is 10.9. The summed E-state index contributed by atoms with van der Waals surface area (Å²) < 4.78 is 19.3. The Labute approximate surface area is 121 Å². The van der Waals surface area contributed by atoms with Gasteiger partial charge in [0.05, 0.1) is 5.02 Å². The van der Waals surface area contributed by atoms with Crippen LogP contribution in [0, 0.1) is 11.2 Å². The molecule has 0 spiro atoms. The van der Waals surface area contributed by atoms with Gasteiger partial charge in [-0.15, -0.1) is 0 Å². The summed E-state index contributed by atoms with van der Waals surface area (Å²) in [6, 6.07) is 10.7. The van der Waals surface area contributed by atoms with Crippen LogP contribution in [0.25, 0.3) is 0 Å². The molecule has 0 saturated heterocycles. The minimum absolute atomic E-state index is 0.0773. The number of hydrogen-bond acceptors (Lipinski definition) is 2. The highest BCUT2D eigenvalue weighted by Gasteiger charge is 2.26. The molecule has 0 fully saturated rings. The Hall–Kier alpha value is -1.87. The van der Waals surface area contributed by atoms with Crippen LogP contribution in [0.15, 0.2) is 36.4 Å². The van der Waals surface area contributed by atoms with Crippen LogP contribution in [0.2, 0.25) is 5.02 Å². The van der Waals surface area contributed by atoms with E-state index in [4.69, 9.17) is 21.7 Å². The molecule has 4 heteroatoms. The van der Waals surface area contributed by atoms with Crippen LogP contribution >= 0.6 is 11.6 Å². The number of fused-ring (bicyclic) bond motifs is 1. The van der Waals surface area contributed by atoms with E-state index in [1.54, 1.807) is 6.92 Å². The van der Waals surface area contributed by atoms with Gasteiger partial charge in [-0.05, 0) is 30.2 Å². The fourth-order valence-electron chi connectivity index (χ4n) is 2.39. The second-order valence-electron chi connectivity index (χ2n) is 4.94. The minimum atomic E-state index is -0.418. The van der Waals surface area contributed by atoms with Crippen LogP contribution in [-0.4, -0.2) is 5.71 Å². The van der Waals surface area contributed by atoms with Gasteiger partial charge in [0.25, 0.3) is 0 Å². The molecule has 1 N–H and O–H groups in total. The normalized spacial score (nSPS) is 16.6. The molecule has 1 heterocycles. The van der Waals surface area contributed by atoms with Gasteiger partial charge in [0.15, 0.2) is 0 Å². The van der Waals surface area contributed by atoms with Gasteiger partial charge in [-0.2, -0.15) is 0 Å². The van der Waals surface area contributed by atoms with Crippen LogP contribution in [0.5, 0.6) is 5.75 Å². The number of halogens is 2. The Kier molecular flexibility index (Phi) is 3.22. The molecule has 1 aliphatic heterocycles. The monoisotopic (exact) mass is 289 g/mol. The van der Waals surface area contributed by atoms with Crippen molar-refractivity contribution in [1.29, 1.82) is 5.41 Å². The molecule has 0 bridgehead atoms. The molecule has 1 atom stereocenters. The van der Waals surface area contributed by atoms with E-state index in [2.05, 4.69) is 0 Å². The summed E-state index contributed by atoms with van der Waals surface area (Å²) in [4.78, 5) is 0. The van der Waals surface area contributed by atoms with Gasteiger partial charge >= 0.3 is 0 Å². The van der Waals surface area contributed by atoms with Crippen molar-refractivity contribution in [3.8, 4) is 5.75 Å². The number of hydrogen-bond donors (Lipinski definition) is 1. The van der Waals surface area contributed by atoms with E-state index in [1.807, 2.05) is 24.3 Å². The van der Waals surface area contributed by atoms with E-state index in [0.29, 0.717) is 17.9 Å². The summed E-state index contributed by atoms with van der Waals surface area (Å²) in [5.41, 5.74) is 3.19. The van der Waals surface area contributed by atoms with Gasteiger partial charge in [0.2, 0.25) is 0 Å². The maximum atomic E-state index is 13.5. The van der Waals surface area contributed by atoms with Crippen molar-refractivity contribution in [2.24, 2.45) is 0 Å². The van der Waals surface area contributed by atoms with Crippen LogP contribution in [-0.2, 0) is 6.42 Å². The number of nitrogens with one attached hydrogen (secondary N) is 1. The second kappa shape index (κ2) is 4.91. The van der Waals surface area contributed by atoms with E-state index in [-0.39, 0.29) is 11.1 Å². The lowest BCUT2D eigenvalue weighted by molar-refractivity contribution is 0.238. The Bertz CT molecular complexity index is 668. The second-order valence-corrected chi connectivity index (χ2v) is 5.34. The molecule has 2 aromatic rings. The SMILES string of the molecule is CC(=N)c1cccc(C2Cc3cc(F)c(Cl)cc3O2)c1. The molecule has 2 aromatic carbocycles. The molecule has 20 heavy (non-hydrogen) atoms. The summed E-state index contributed by atoms with van der Waals surface area (Å²) in [6.07, 6.45) is 0.464. The van der Waals surface area contributed by atoms with Crippen LogP contribution in [0.3, 0.4) is 0 Å². The average Bonchev–Trinajstić information content (AvgIpc) is 2.82. The summed E-state index contributed by atoms with van der Waals surface area (Å²) >= 11 is 5.77. The molecule has 2 nitrogen and oxygen atoms in total. The van der Waals surface area contributed by atoms with Crippen molar-refractivity contribution in [2.45, 2.75) is 19.4 Å². The van der Waals surface area contributed by atoms with Gasteiger partial charge in [0.1, 0.15) is 17.7 Å². The van der Waals surface area contributed by atoms with E-state index in [0.717, 1.165) is 16.7 Å². The van der Waals surface area contributed by atoms with E-state index in [1.165, 1.54) is 12.1 Å². The van der Waals surface area contributed by atoms with Gasteiger partial charge in [-0.1, -0.05) is 29.8 Å². The summed E-state index contributed by atoms with van der Waals surface area (Å²) in [5, 5.41) is 7.76. The molecule has 0 saturated carbocycles. The van der Waals surface area contributed by atoms with Crippen molar-refractivity contribution in [3.63, 3.8) is 0 Å². The standard InChI is InChI=1S/C16H13ClFNO/c1-9(19)10-3-2-4-11(5-10)15-7-12-6-14(18)13(17)8-16(12)20-15/h2-6,8,15,19H,7H2,1H3. The molecule has 0 aromatic heterocycles. The molecule has 0 amide bonds. The van der Waals surface area contributed by atoms with Crippen molar-refractivity contribution in [1.82, 2.24) is 0 Å². The zero-order valence-corrected chi connectivity index (χ0v) is 11.7. The maximum absolute atomic E-state index is 13.5. The number of ether oxygens (including phenoxy) is 1. The topological polar surface area (TPSA) is 33.1 Å². The third kappa shape index (κ3) is 2.29. The lowest BCUT2D eigenvalue weighted by atomic mass is 10.0. The number of rotatable bonds is 2. The third-order valence-corrected chi connectivity index (χ3v) is 3.76. The highest BCUT2D eigenvalue weighted by Crippen LogP contribution is 2.39. The first kappa shape index (κ1) is 13.1. The summed E-state index contributed by atoms with van der Waals surface area (Å²) in [5.74, 6) is 0.220. The van der Waals surface area contributed by atoms with E-state index >= 15 is 0 Å². The average molecular weight is 290 g/mol. The molecule has 1 aliphatic rings. The molecule has 1 unspecified atom stereocenters. The van der Waals surface area contributed by atoms with Crippen molar-refractivity contribution in [2.75, 3.05) is 0 Å². The summed E-state index contributed by atoms with van der Waals surface area (Å²) in [7, 11) is 0. The molecular formula is C16H13ClFNO. The maximum Gasteiger partial charge on any atom is 0.142 e. The first-order valence-corrected chi connectivity index (χ1v) is 6.72. The van der Waals surface area contributed by atoms with Crippen molar-refractivity contribution in [3.05, 3.63) is 63.9 Å². The Morgan fingerprint density at radius 2 is 2.15 bits per heavy atom.